The maximum absolute atomic E-state index is 6.52. The molecule has 46 heavy (non-hydrogen) atoms. The van der Waals surface area contributed by atoms with E-state index < -0.39 is 0 Å². The smallest absolute Gasteiger partial charge is 0.164 e. The highest BCUT2D eigenvalue weighted by Crippen LogP contribution is 2.50. The SMILES string of the molecule is CC1(C)c2ccccc2-c2cc(-c3cc(-c4nc(-c5ccccc5)nc(-c5ccccc5)n4)cc4oc5ccccc5c34)ccc21. The van der Waals surface area contributed by atoms with Crippen LogP contribution in [-0.2, 0) is 5.41 Å². The molecule has 0 saturated heterocycles. The highest BCUT2D eigenvalue weighted by molar-refractivity contribution is 6.13. The van der Waals surface area contributed by atoms with Crippen molar-refractivity contribution in [1.29, 1.82) is 0 Å². The molecule has 6 aromatic carbocycles. The summed E-state index contributed by atoms with van der Waals surface area (Å²) in [5, 5.41) is 2.18. The normalized spacial score (nSPS) is 13.2. The van der Waals surface area contributed by atoms with Crippen LogP contribution in [0, 0.1) is 0 Å². The lowest BCUT2D eigenvalue weighted by Crippen LogP contribution is -2.14. The van der Waals surface area contributed by atoms with Crippen LogP contribution in [-0.4, -0.2) is 15.0 Å². The van der Waals surface area contributed by atoms with Gasteiger partial charge in [0.2, 0.25) is 0 Å². The van der Waals surface area contributed by atoms with Gasteiger partial charge >= 0.3 is 0 Å². The number of aromatic nitrogens is 3. The Bertz CT molecular complexity index is 2380. The second kappa shape index (κ2) is 10.1. The quantitative estimate of drug-likeness (QED) is 0.204. The predicted octanol–water partition coefficient (Wildman–Crippen LogP) is 10.7. The molecule has 8 aromatic rings. The molecule has 4 heteroatoms. The topological polar surface area (TPSA) is 51.8 Å². The molecule has 0 fully saturated rings. The standard InChI is InChI=1S/C42H29N3O/c1-42(2)34-19-11-9-17-30(34)33-23-28(21-22-35(33)42)32-24-29(25-37-38(32)31-18-10-12-20-36(31)46-37)41-44-39(26-13-5-3-6-14-26)43-40(45-41)27-15-7-4-8-16-27/h3-25H,1-2H3. The molecular weight excluding hydrogens is 562 g/mol. The van der Waals surface area contributed by atoms with Crippen LogP contribution in [0.2, 0.25) is 0 Å². The van der Waals surface area contributed by atoms with E-state index in [1.165, 1.54) is 22.3 Å². The van der Waals surface area contributed by atoms with Crippen LogP contribution >= 0.6 is 0 Å². The van der Waals surface area contributed by atoms with Crippen molar-refractivity contribution in [3.8, 4) is 56.4 Å². The van der Waals surface area contributed by atoms with Crippen LogP contribution in [0.15, 0.2) is 144 Å². The maximum atomic E-state index is 6.52. The van der Waals surface area contributed by atoms with Crippen LogP contribution in [0.4, 0.5) is 0 Å². The van der Waals surface area contributed by atoms with Crippen LogP contribution in [0.1, 0.15) is 25.0 Å². The Balaban J connectivity index is 1.31. The fourth-order valence-electron chi connectivity index (χ4n) is 7.04. The minimum atomic E-state index is -0.0590. The Labute approximate surface area is 267 Å². The molecule has 0 spiro atoms. The summed E-state index contributed by atoms with van der Waals surface area (Å²) in [4.78, 5) is 15.0. The van der Waals surface area contributed by atoms with Crippen molar-refractivity contribution in [1.82, 2.24) is 15.0 Å². The second-order valence-corrected chi connectivity index (χ2v) is 12.5. The molecule has 1 aliphatic rings. The van der Waals surface area contributed by atoms with Crippen LogP contribution in [0.25, 0.3) is 78.4 Å². The number of rotatable bonds is 4. The highest BCUT2D eigenvalue weighted by Gasteiger charge is 2.35. The van der Waals surface area contributed by atoms with Crippen molar-refractivity contribution in [3.05, 3.63) is 151 Å². The van der Waals surface area contributed by atoms with Gasteiger partial charge < -0.3 is 4.42 Å². The second-order valence-electron chi connectivity index (χ2n) is 12.5. The molecule has 0 saturated carbocycles. The number of nitrogens with zero attached hydrogens (tertiary/aromatic N) is 3. The van der Waals surface area contributed by atoms with Gasteiger partial charge in [0.05, 0.1) is 0 Å². The van der Waals surface area contributed by atoms with Crippen molar-refractivity contribution >= 4 is 21.9 Å². The van der Waals surface area contributed by atoms with Gasteiger partial charge in [0.25, 0.3) is 0 Å². The number of hydrogen-bond donors (Lipinski definition) is 0. The maximum Gasteiger partial charge on any atom is 0.164 e. The van der Waals surface area contributed by atoms with Gasteiger partial charge in [0.1, 0.15) is 11.2 Å². The Morgan fingerprint density at radius 1 is 0.435 bits per heavy atom. The van der Waals surface area contributed by atoms with Gasteiger partial charge in [-0.2, -0.15) is 0 Å². The molecule has 0 bridgehead atoms. The van der Waals surface area contributed by atoms with Crippen molar-refractivity contribution in [2.45, 2.75) is 19.3 Å². The van der Waals surface area contributed by atoms with E-state index in [2.05, 4.69) is 80.6 Å². The van der Waals surface area contributed by atoms with Gasteiger partial charge in [-0.1, -0.05) is 129 Å². The minimum absolute atomic E-state index is 0.0590. The molecule has 2 aromatic heterocycles. The molecule has 218 valence electrons. The molecular formula is C42H29N3O. The Kier molecular flexibility index (Phi) is 5.81. The van der Waals surface area contributed by atoms with Crippen LogP contribution in [0.3, 0.4) is 0 Å². The number of benzene rings is 6. The van der Waals surface area contributed by atoms with E-state index in [0.29, 0.717) is 17.5 Å². The van der Waals surface area contributed by atoms with E-state index in [1.54, 1.807) is 0 Å². The lowest BCUT2D eigenvalue weighted by Gasteiger charge is -2.21. The highest BCUT2D eigenvalue weighted by atomic mass is 16.3. The minimum Gasteiger partial charge on any atom is -0.456 e. The first kappa shape index (κ1) is 26.5. The number of para-hydroxylation sites is 1. The predicted molar refractivity (Wildman–Crippen MR) is 186 cm³/mol. The molecule has 4 nitrogen and oxygen atoms in total. The summed E-state index contributed by atoms with van der Waals surface area (Å²) in [7, 11) is 0. The molecule has 1 aliphatic carbocycles. The zero-order valence-electron chi connectivity index (χ0n) is 25.5. The lowest BCUT2D eigenvalue weighted by atomic mass is 9.82. The summed E-state index contributed by atoms with van der Waals surface area (Å²) < 4.78 is 6.52. The molecule has 2 heterocycles. The van der Waals surface area contributed by atoms with Crippen LogP contribution < -0.4 is 0 Å². The van der Waals surface area contributed by atoms with E-state index >= 15 is 0 Å². The van der Waals surface area contributed by atoms with E-state index in [0.717, 1.165) is 49.8 Å². The van der Waals surface area contributed by atoms with E-state index in [4.69, 9.17) is 19.4 Å². The van der Waals surface area contributed by atoms with Crippen molar-refractivity contribution in [2.75, 3.05) is 0 Å². The zero-order valence-corrected chi connectivity index (χ0v) is 25.5. The largest absolute Gasteiger partial charge is 0.456 e. The van der Waals surface area contributed by atoms with Crippen molar-refractivity contribution < 1.29 is 4.42 Å². The first-order valence-electron chi connectivity index (χ1n) is 15.6. The summed E-state index contributed by atoms with van der Waals surface area (Å²) >= 11 is 0. The van der Waals surface area contributed by atoms with Gasteiger partial charge in [-0.25, -0.2) is 15.0 Å². The summed E-state index contributed by atoms with van der Waals surface area (Å²) in [5.74, 6) is 1.86. The monoisotopic (exact) mass is 591 g/mol. The summed E-state index contributed by atoms with van der Waals surface area (Å²) in [6, 6.07) is 48.4. The molecule has 0 N–H and O–H groups in total. The summed E-state index contributed by atoms with van der Waals surface area (Å²) in [6.07, 6.45) is 0. The van der Waals surface area contributed by atoms with Gasteiger partial charge in [-0.05, 0) is 57.6 Å². The van der Waals surface area contributed by atoms with Gasteiger partial charge in [-0.3, -0.25) is 0 Å². The first-order valence-corrected chi connectivity index (χ1v) is 15.6. The zero-order chi connectivity index (χ0) is 30.8. The number of furan rings is 1. The number of hydrogen-bond acceptors (Lipinski definition) is 4. The third-order valence-corrected chi connectivity index (χ3v) is 9.33. The van der Waals surface area contributed by atoms with Gasteiger partial charge in [0, 0.05) is 32.9 Å². The fourth-order valence-corrected chi connectivity index (χ4v) is 7.04. The summed E-state index contributed by atoms with van der Waals surface area (Å²) in [6.45, 7) is 4.63. The van der Waals surface area contributed by atoms with Crippen molar-refractivity contribution in [3.63, 3.8) is 0 Å². The third-order valence-electron chi connectivity index (χ3n) is 9.33. The average Bonchev–Trinajstić information content (AvgIpc) is 3.60. The van der Waals surface area contributed by atoms with E-state index in [-0.39, 0.29) is 5.41 Å². The Morgan fingerprint density at radius 3 is 1.72 bits per heavy atom. The Morgan fingerprint density at radius 2 is 1.00 bits per heavy atom. The van der Waals surface area contributed by atoms with Crippen molar-refractivity contribution in [2.24, 2.45) is 0 Å². The third kappa shape index (κ3) is 4.11. The van der Waals surface area contributed by atoms with Gasteiger partial charge in [0.15, 0.2) is 17.5 Å². The number of fused-ring (bicyclic) bond motifs is 6. The van der Waals surface area contributed by atoms with E-state index in [1.807, 2.05) is 72.8 Å². The molecule has 0 amide bonds. The molecule has 0 aliphatic heterocycles. The molecule has 9 rings (SSSR count). The molecule has 0 atom stereocenters. The molecule has 0 radical (unpaired) electrons. The van der Waals surface area contributed by atoms with E-state index in [9.17, 15) is 0 Å². The van der Waals surface area contributed by atoms with Gasteiger partial charge in [-0.15, -0.1) is 0 Å². The lowest BCUT2D eigenvalue weighted by molar-refractivity contribution is 0.660. The average molecular weight is 592 g/mol. The fraction of sp³-hybridized carbons (Fsp3) is 0.0714. The van der Waals surface area contributed by atoms with Crippen LogP contribution in [0.5, 0.6) is 0 Å². The Hall–Kier alpha value is -5.87. The molecule has 0 unspecified atom stereocenters. The first-order chi connectivity index (χ1) is 22.5. The summed E-state index contributed by atoms with van der Waals surface area (Å²) in [5.41, 5.74) is 11.9.